The van der Waals surface area contributed by atoms with Crippen LogP contribution in [0, 0.1) is 0 Å². The monoisotopic (exact) mass is 574 g/mol. The van der Waals surface area contributed by atoms with Crippen LogP contribution in [0.15, 0.2) is 48.5 Å². The summed E-state index contributed by atoms with van der Waals surface area (Å²) in [5.74, 6) is -0.368. The van der Waals surface area contributed by atoms with Crippen LogP contribution in [0.5, 0.6) is 0 Å². The summed E-state index contributed by atoms with van der Waals surface area (Å²) in [6.45, 7) is 3.76. The van der Waals surface area contributed by atoms with Gasteiger partial charge in [-0.05, 0) is 62.1 Å². The molecule has 39 heavy (non-hydrogen) atoms. The zero-order valence-electron chi connectivity index (χ0n) is 22.5. The number of nitrogens with zero attached hydrogens (tertiary/aromatic N) is 3. The van der Waals surface area contributed by atoms with E-state index < -0.39 is 5.54 Å². The fourth-order valence-corrected chi connectivity index (χ4v) is 5.95. The molecule has 2 aromatic rings. The molecular formula is C29H36Cl2N4O4. The number of halogens is 2. The van der Waals surface area contributed by atoms with Gasteiger partial charge in [-0.2, -0.15) is 0 Å². The lowest BCUT2D eigenvalue weighted by atomic mass is 9.84. The van der Waals surface area contributed by atoms with E-state index in [9.17, 15) is 14.4 Å². The fourth-order valence-electron chi connectivity index (χ4n) is 5.64. The van der Waals surface area contributed by atoms with Crippen molar-refractivity contribution in [3.8, 4) is 0 Å². The van der Waals surface area contributed by atoms with Gasteiger partial charge in [0.25, 0.3) is 5.91 Å². The maximum atomic E-state index is 13.1. The van der Waals surface area contributed by atoms with E-state index in [-0.39, 0.29) is 23.8 Å². The number of piperidine rings is 1. The third kappa shape index (κ3) is 6.68. The van der Waals surface area contributed by atoms with Crippen LogP contribution >= 0.6 is 23.2 Å². The van der Waals surface area contributed by atoms with Crippen LogP contribution in [0.1, 0.15) is 47.5 Å². The van der Waals surface area contributed by atoms with Crippen LogP contribution in [-0.2, 0) is 9.53 Å². The second-order valence-electron chi connectivity index (χ2n) is 10.3. The van der Waals surface area contributed by atoms with Crippen LogP contribution in [0.3, 0.4) is 0 Å². The lowest BCUT2D eigenvalue weighted by molar-refractivity contribution is -0.157. The largest absolute Gasteiger partial charge is 0.467 e. The Bertz CT molecular complexity index is 1170. The first kappa shape index (κ1) is 29.2. The molecule has 0 aromatic heterocycles. The molecule has 4 rings (SSSR count). The first-order chi connectivity index (χ1) is 18.7. The zero-order chi connectivity index (χ0) is 28.0. The molecule has 2 aromatic carbocycles. The fraction of sp³-hybridized carbons (Fsp3) is 0.483. The number of amides is 3. The van der Waals surface area contributed by atoms with Crippen molar-refractivity contribution in [2.75, 3.05) is 53.4 Å². The van der Waals surface area contributed by atoms with Gasteiger partial charge in [0.05, 0.1) is 17.2 Å². The second-order valence-corrected chi connectivity index (χ2v) is 11.1. The van der Waals surface area contributed by atoms with Crippen LogP contribution in [0.4, 0.5) is 4.79 Å². The quantitative estimate of drug-likeness (QED) is 0.440. The van der Waals surface area contributed by atoms with Gasteiger partial charge in [0.1, 0.15) is 5.54 Å². The lowest BCUT2D eigenvalue weighted by Crippen LogP contribution is -2.65. The minimum atomic E-state index is -0.943. The van der Waals surface area contributed by atoms with Gasteiger partial charge in [0.2, 0.25) is 0 Å². The van der Waals surface area contributed by atoms with Crippen molar-refractivity contribution in [1.29, 1.82) is 0 Å². The number of nitrogens with one attached hydrogen (secondary N) is 1. The van der Waals surface area contributed by atoms with E-state index in [1.807, 2.05) is 49.5 Å². The maximum absolute atomic E-state index is 13.1. The summed E-state index contributed by atoms with van der Waals surface area (Å²) >= 11 is 12.5. The predicted octanol–water partition coefficient (Wildman–Crippen LogP) is 4.66. The highest BCUT2D eigenvalue weighted by atomic mass is 35.5. The van der Waals surface area contributed by atoms with Gasteiger partial charge in [0.15, 0.2) is 0 Å². The molecule has 2 heterocycles. The molecule has 1 unspecified atom stereocenters. The van der Waals surface area contributed by atoms with Crippen molar-refractivity contribution in [2.45, 2.75) is 37.1 Å². The van der Waals surface area contributed by atoms with Gasteiger partial charge < -0.3 is 24.8 Å². The van der Waals surface area contributed by atoms with Gasteiger partial charge in [-0.25, -0.2) is 9.59 Å². The molecule has 2 saturated heterocycles. The van der Waals surface area contributed by atoms with Crippen LogP contribution < -0.4 is 5.32 Å². The number of benzene rings is 2. The molecule has 210 valence electrons. The van der Waals surface area contributed by atoms with E-state index in [0.29, 0.717) is 61.2 Å². The SMILES string of the molecule is COC(=O)C1(N2CCCNC2=O)CCN(CCC(CN(C)C(=O)c2ccccc2)c2ccc(Cl)c(Cl)c2)CC1. The summed E-state index contributed by atoms with van der Waals surface area (Å²) in [5.41, 5.74) is 0.717. The van der Waals surface area contributed by atoms with Gasteiger partial charge >= 0.3 is 12.0 Å². The predicted molar refractivity (Wildman–Crippen MR) is 152 cm³/mol. The van der Waals surface area contributed by atoms with Crippen LogP contribution in [0.2, 0.25) is 10.0 Å². The van der Waals surface area contributed by atoms with Crippen molar-refractivity contribution in [1.82, 2.24) is 20.0 Å². The molecule has 0 saturated carbocycles. The molecule has 0 bridgehead atoms. The standard InChI is InChI=1S/C29H36Cl2N4O4/c1-33(26(36)21-7-4-3-5-8-21)20-23(22-9-10-24(30)25(31)19-22)11-16-34-17-12-29(13-18-34,27(37)39-2)35-15-6-14-32-28(35)38/h3-5,7-10,19,23H,6,11-18,20H2,1-2H3,(H,32,38). The van der Waals surface area contributed by atoms with E-state index in [0.717, 1.165) is 24.9 Å². The van der Waals surface area contributed by atoms with E-state index in [4.69, 9.17) is 27.9 Å². The van der Waals surface area contributed by atoms with Crippen molar-refractivity contribution < 1.29 is 19.1 Å². The van der Waals surface area contributed by atoms with Gasteiger partial charge in [-0.3, -0.25) is 4.79 Å². The summed E-state index contributed by atoms with van der Waals surface area (Å²) < 4.78 is 5.17. The molecule has 1 atom stereocenters. The molecule has 3 amide bonds. The molecule has 2 fully saturated rings. The molecule has 8 nitrogen and oxygen atoms in total. The number of likely N-dealkylation sites (N-methyl/N-ethyl adjacent to an activating group) is 1. The topological polar surface area (TPSA) is 82.2 Å². The number of carbonyl (C=O) groups excluding carboxylic acids is 3. The minimum absolute atomic E-state index is 0.0255. The van der Waals surface area contributed by atoms with Crippen molar-refractivity contribution in [2.24, 2.45) is 0 Å². The maximum Gasteiger partial charge on any atom is 0.331 e. The molecule has 1 N–H and O–H groups in total. The first-order valence-electron chi connectivity index (χ1n) is 13.4. The number of esters is 1. The summed E-state index contributed by atoms with van der Waals surface area (Å²) in [7, 11) is 3.20. The third-order valence-corrected chi connectivity index (χ3v) is 8.65. The lowest BCUT2D eigenvalue weighted by Gasteiger charge is -2.47. The highest BCUT2D eigenvalue weighted by Crippen LogP contribution is 2.33. The number of ether oxygens (including phenoxy) is 1. The molecule has 0 radical (unpaired) electrons. The Balaban J connectivity index is 1.45. The average molecular weight is 576 g/mol. The number of methoxy groups -OCH3 is 1. The van der Waals surface area contributed by atoms with E-state index in [1.165, 1.54) is 7.11 Å². The Kier molecular flexibility index (Phi) is 9.75. The third-order valence-electron chi connectivity index (χ3n) is 7.92. The number of likely N-dealkylation sites (tertiary alicyclic amines) is 1. The first-order valence-corrected chi connectivity index (χ1v) is 14.1. The molecule has 0 spiro atoms. The van der Waals surface area contributed by atoms with Gasteiger partial charge in [-0.1, -0.05) is 47.5 Å². The van der Waals surface area contributed by atoms with Gasteiger partial charge in [-0.15, -0.1) is 0 Å². The molecule has 10 heteroatoms. The van der Waals surface area contributed by atoms with E-state index in [2.05, 4.69) is 10.2 Å². The normalized spacial score (nSPS) is 18.3. The van der Waals surface area contributed by atoms with Crippen molar-refractivity contribution >= 4 is 41.1 Å². The van der Waals surface area contributed by atoms with Crippen LogP contribution in [-0.4, -0.2) is 91.6 Å². The Morgan fingerprint density at radius 2 is 1.79 bits per heavy atom. The summed E-state index contributed by atoms with van der Waals surface area (Å²) in [6, 6.07) is 14.7. The average Bonchev–Trinajstić information content (AvgIpc) is 2.96. The Morgan fingerprint density at radius 3 is 2.44 bits per heavy atom. The number of rotatable bonds is 9. The number of carbonyl (C=O) groups is 3. The van der Waals surface area contributed by atoms with Gasteiger partial charge in [0, 0.05) is 51.3 Å². The van der Waals surface area contributed by atoms with E-state index in [1.54, 1.807) is 15.9 Å². The van der Waals surface area contributed by atoms with Crippen molar-refractivity contribution in [3.05, 3.63) is 69.7 Å². The van der Waals surface area contributed by atoms with Crippen LogP contribution in [0.25, 0.3) is 0 Å². The summed E-state index contributed by atoms with van der Waals surface area (Å²) in [5, 5.41) is 3.84. The second kappa shape index (κ2) is 13.0. The zero-order valence-corrected chi connectivity index (χ0v) is 24.0. The Hall–Kier alpha value is -2.81. The number of hydrogen-bond acceptors (Lipinski definition) is 5. The summed E-state index contributed by atoms with van der Waals surface area (Å²) in [6.07, 6.45) is 2.60. The molecule has 0 aliphatic carbocycles. The molecule has 2 aliphatic rings. The minimum Gasteiger partial charge on any atom is -0.467 e. The molecular weight excluding hydrogens is 539 g/mol. The highest BCUT2D eigenvalue weighted by Gasteiger charge is 2.49. The van der Waals surface area contributed by atoms with Crippen molar-refractivity contribution in [3.63, 3.8) is 0 Å². The van der Waals surface area contributed by atoms with E-state index >= 15 is 0 Å². The molecule has 2 aliphatic heterocycles. The summed E-state index contributed by atoms with van der Waals surface area (Å²) in [4.78, 5) is 44.3. The Labute approximate surface area is 240 Å². The smallest absolute Gasteiger partial charge is 0.331 e. The number of urea groups is 1. The number of hydrogen-bond donors (Lipinski definition) is 1. The Morgan fingerprint density at radius 1 is 1.08 bits per heavy atom. The highest BCUT2D eigenvalue weighted by molar-refractivity contribution is 6.42.